The molecule has 5 rings (SSSR count). The zero-order valence-electron chi connectivity index (χ0n) is 24.8. The molecule has 3 aromatic rings. The van der Waals surface area contributed by atoms with E-state index in [2.05, 4.69) is 5.48 Å². The molecule has 2 amide bonds. The van der Waals surface area contributed by atoms with Gasteiger partial charge in [0.05, 0.1) is 18.0 Å². The summed E-state index contributed by atoms with van der Waals surface area (Å²) < 4.78 is 70.6. The van der Waals surface area contributed by atoms with Crippen LogP contribution in [0.3, 0.4) is 0 Å². The van der Waals surface area contributed by atoms with Crippen molar-refractivity contribution in [2.45, 2.75) is 62.3 Å². The van der Waals surface area contributed by atoms with Crippen molar-refractivity contribution in [2.24, 2.45) is 0 Å². The number of likely N-dealkylation sites (tertiary alicyclic amines) is 1. The van der Waals surface area contributed by atoms with E-state index in [9.17, 15) is 18.0 Å². The van der Waals surface area contributed by atoms with Gasteiger partial charge in [-0.25, -0.2) is 27.5 Å². The molecule has 2 aliphatic heterocycles. The minimum Gasteiger partial charge on any atom is -0.451 e. The number of halogens is 3. The van der Waals surface area contributed by atoms with Crippen molar-refractivity contribution >= 4 is 33.6 Å². The predicted octanol–water partition coefficient (Wildman–Crippen LogP) is 5.80. The van der Waals surface area contributed by atoms with Crippen molar-refractivity contribution in [1.82, 2.24) is 14.7 Å². The molecular formula is C31H32ClF2N3O7S. The van der Waals surface area contributed by atoms with Gasteiger partial charge in [-0.2, -0.15) is 4.31 Å². The molecule has 2 unspecified atom stereocenters. The third-order valence-corrected chi connectivity index (χ3v) is 9.66. The third kappa shape index (κ3) is 6.91. The molecule has 0 spiro atoms. The lowest BCUT2D eigenvalue weighted by atomic mass is 9.96. The molecule has 14 heteroatoms. The molecule has 10 nitrogen and oxygen atoms in total. The summed E-state index contributed by atoms with van der Waals surface area (Å²) in [6, 6.07) is 15.1. The molecule has 0 radical (unpaired) electrons. The van der Waals surface area contributed by atoms with Gasteiger partial charge >= 0.3 is 6.09 Å². The van der Waals surface area contributed by atoms with Crippen molar-refractivity contribution in [1.29, 1.82) is 0 Å². The Morgan fingerprint density at radius 3 is 2.31 bits per heavy atom. The molecule has 2 heterocycles. The lowest BCUT2D eigenvalue weighted by molar-refractivity contribution is -0.146. The molecule has 0 aliphatic carbocycles. The summed E-state index contributed by atoms with van der Waals surface area (Å²) in [5.74, 6) is -4.10. The van der Waals surface area contributed by atoms with E-state index in [1.165, 1.54) is 29.2 Å². The van der Waals surface area contributed by atoms with Gasteiger partial charge in [0.2, 0.25) is 10.0 Å². The first-order chi connectivity index (χ1) is 21.2. The molecule has 1 N–H and O–H groups in total. The van der Waals surface area contributed by atoms with E-state index < -0.39 is 61.5 Å². The Labute approximate surface area is 264 Å². The van der Waals surface area contributed by atoms with Crippen LogP contribution < -0.4 is 10.2 Å². The maximum atomic E-state index is 15.2. The van der Waals surface area contributed by atoms with Crippen LogP contribution in [0.25, 0.3) is 0 Å². The molecule has 2 saturated heterocycles. The van der Waals surface area contributed by atoms with E-state index in [1.807, 2.05) is 6.07 Å². The molecule has 2 fully saturated rings. The van der Waals surface area contributed by atoms with E-state index in [4.69, 9.17) is 25.9 Å². The number of ether oxygens (including phenoxy) is 2. The third-order valence-electron chi connectivity index (χ3n) is 7.41. The average Bonchev–Trinajstić information content (AvgIpc) is 3.23. The Bertz CT molecular complexity index is 1660. The topological polar surface area (TPSA) is 114 Å². The fourth-order valence-electron chi connectivity index (χ4n) is 5.48. The molecule has 45 heavy (non-hydrogen) atoms. The van der Waals surface area contributed by atoms with Crippen LogP contribution in [-0.4, -0.2) is 59.9 Å². The van der Waals surface area contributed by atoms with E-state index >= 15 is 8.78 Å². The van der Waals surface area contributed by atoms with Gasteiger partial charge in [-0.05, 0) is 75.6 Å². The Kier molecular flexibility index (Phi) is 9.09. The van der Waals surface area contributed by atoms with Gasteiger partial charge in [-0.1, -0.05) is 41.9 Å². The van der Waals surface area contributed by atoms with Crippen molar-refractivity contribution < 1.29 is 41.1 Å². The minimum atomic E-state index is -4.72. The lowest BCUT2D eigenvalue weighted by Gasteiger charge is -2.46. The van der Waals surface area contributed by atoms with Crippen LogP contribution in [0.1, 0.15) is 39.2 Å². The number of amides is 2. The summed E-state index contributed by atoms with van der Waals surface area (Å²) in [6.45, 7) is 4.56. The summed E-state index contributed by atoms with van der Waals surface area (Å²) in [6.07, 6.45) is -0.526. The molecular weight excluding hydrogens is 632 g/mol. The van der Waals surface area contributed by atoms with Crippen LogP contribution in [0.2, 0.25) is 5.02 Å². The summed E-state index contributed by atoms with van der Waals surface area (Å²) in [4.78, 5) is 32.9. The van der Waals surface area contributed by atoms with Crippen LogP contribution in [0.5, 0.6) is 11.5 Å². The monoisotopic (exact) mass is 663 g/mol. The molecule has 240 valence electrons. The van der Waals surface area contributed by atoms with Crippen LogP contribution in [0.4, 0.5) is 13.6 Å². The number of benzene rings is 3. The van der Waals surface area contributed by atoms with Crippen molar-refractivity contribution in [2.75, 3.05) is 13.1 Å². The highest BCUT2D eigenvalue weighted by molar-refractivity contribution is 7.89. The normalized spacial score (nSPS) is 20.1. The Hall–Kier alpha value is -3.78. The predicted molar refractivity (Wildman–Crippen MR) is 160 cm³/mol. The number of hydrogen-bond donors (Lipinski definition) is 1. The van der Waals surface area contributed by atoms with Crippen LogP contribution in [0.15, 0.2) is 71.6 Å². The highest BCUT2D eigenvalue weighted by atomic mass is 35.5. The van der Waals surface area contributed by atoms with Gasteiger partial charge in [0.15, 0.2) is 17.4 Å². The van der Waals surface area contributed by atoms with E-state index in [0.717, 1.165) is 9.87 Å². The summed E-state index contributed by atoms with van der Waals surface area (Å²) in [5.41, 5.74) is 0.379. The number of sulfonamides is 1. The fraction of sp³-hybridized carbons (Fsp3) is 0.355. The summed E-state index contributed by atoms with van der Waals surface area (Å²) in [7, 11) is -4.72. The van der Waals surface area contributed by atoms with E-state index in [0.29, 0.717) is 17.2 Å². The summed E-state index contributed by atoms with van der Waals surface area (Å²) >= 11 is 5.85. The zero-order valence-corrected chi connectivity index (χ0v) is 26.3. The van der Waals surface area contributed by atoms with Gasteiger partial charge in [-0.3, -0.25) is 9.63 Å². The number of fused-ring (bicyclic) bond motifs is 2. The Morgan fingerprint density at radius 1 is 1.04 bits per heavy atom. The number of carbonyl (C=O) groups excluding carboxylic acids is 2. The van der Waals surface area contributed by atoms with Gasteiger partial charge < -0.3 is 14.4 Å². The van der Waals surface area contributed by atoms with Gasteiger partial charge in [-0.15, -0.1) is 0 Å². The molecule has 0 aromatic heterocycles. The van der Waals surface area contributed by atoms with Gasteiger partial charge in [0.25, 0.3) is 5.91 Å². The number of carbonyl (C=O) groups is 2. The average molecular weight is 664 g/mol. The van der Waals surface area contributed by atoms with E-state index in [1.54, 1.807) is 45.0 Å². The van der Waals surface area contributed by atoms with E-state index in [-0.39, 0.29) is 38.3 Å². The molecule has 2 atom stereocenters. The smallest absolute Gasteiger partial charge is 0.410 e. The van der Waals surface area contributed by atoms with Crippen molar-refractivity contribution in [3.05, 3.63) is 89.0 Å². The number of rotatable bonds is 8. The number of hydrogen-bond acceptors (Lipinski definition) is 7. The highest BCUT2D eigenvalue weighted by Gasteiger charge is 2.62. The van der Waals surface area contributed by atoms with Gasteiger partial charge in [0.1, 0.15) is 16.9 Å². The maximum Gasteiger partial charge on any atom is 0.410 e. The largest absolute Gasteiger partial charge is 0.451 e. The second-order valence-corrected chi connectivity index (χ2v) is 14.1. The quantitative estimate of drug-likeness (QED) is 0.303. The molecule has 3 aromatic carbocycles. The minimum absolute atomic E-state index is 0.0133. The van der Waals surface area contributed by atoms with Crippen LogP contribution >= 0.6 is 11.6 Å². The number of hydroxylamine groups is 1. The fourth-order valence-corrected chi connectivity index (χ4v) is 7.59. The standard InChI is InChI=1S/C31H32ClF2N3O7S/c1-30(2,3)44-29(39)36-17-22-13-14-31(19-36,28(38)35-42-18-20-7-5-4-6-8-20)37(22)45(40,41)24-15-25(33)27(26(34)16-24)43-23-11-9-21(32)10-12-23/h4-12,15-16,22H,13-14,17-19H2,1-3H3,(H,35,38). The SMILES string of the molecule is CC(C)(C)OC(=O)N1CC2CCC(C(=O)NOCc3ccccc3)(C1)N2S(=O)(=O)c1cc(F)c(Oc2ccc(Cl)cc2)c(F)c1. The Morgan fingerprint density at radius 2 is 1.69 bits per heavy atom. The maximum absolute atomic E-state index is 15.2. The first kappa shape index (κ1) is 32.6. The Balaban J connectivity index is 1.46. The molecule has 2 bridgehead atoms. The van der Waals surface area contributed by atoms with Crippen molar-refractivity contribution in [3.63, 3.8) is 0 Å². The zero-order chi connectivity index (χ0) is 32.6. The van der Waals surface area contributed by atoms with Crippen LogP contribution in [0, 0.1) is 11.6 Å². The van der Waals surface area contributed by atoms with Crippen molar-refractivity contribution in [3.8, 4) is 11.5 Å². The van der Waals surface area contributed by atoms with Crippen LogP contribution in [-0.2, 0) is 31.0 Å². The number of nitrogens with one attached hydrogen (secondary N) is 1. The lowest BCUT2D eigenvalue weighted by Crippen LogP contribution is -2.69. The highest BCUT2D eigenvalue weighted by Crippen LogP contribution is 2.44. The summed E-state index contributed by atoms with van der Waals surface area (Å²) in [5, 5.41) is 0.384. The number of piperazine rings is 1. The number of nitrogens with zero attached hydrogens (tertiary/aromatic N) is 2. The first-order valence-corrected chi connectivity index (χ1v) is 15.9. The van der Waals surface area contributed by atoms with Gasteiger partial charge in [0, 0.05) is 17.6 Å². The first-order valence-electron chi connectivity index (χ1n) is 14.1. The second-order valence-electron chi connectivity index (χ2n) is 11.9. The molecule has 2 aliphatic rings. The molecule has 0 saturated carbocycles. The second kappa shape index (κ2) is 12.5.